The summed E-state index contributed by atoms with van der Waals surface area (Å²) in [6.07, 6.45) is 7.83. The molecule has 2 heterocycles. The van der Waals surface area contributed by atoms with Gasteiger partial charge >= 0.3 is 5.97 Å². The summed E-state index contributed by atoms with van der Waals surface area (Å²) in [6, 6.07) is 0. The predicted octanol–water partition coefficient (Wildman–Crippen LogP) is 2.96. The van der Waals surface area contributed by atoms with Crippen LogP contribution in [0.3, 0.4) is 0 Å². The first-order valence-electron chi connectivity index (χ1n) is 9.55. The minimum atomic E-state index is -0.889. The van der Waals surface area contributed by atoms with Gasteiger partial charge < -0.3 is 10.0 Å². The minimum absolute atomic E-state index is 0.105. The summed E-state index contributed by atoms with van der Waals surface area (Å²) in [7, 11) is 1.90. The number of aliphatic carboxylic acids is 1. The Morgan fingerprint density at radius 3 is 2.65 bits per heavy atom. The number of hydrogen-bond donors (Lipinski definition) is 1. The van der Waals surface area contributed by atoms with Gasteiger partial charge in [-0.15, -0.1) is 0 Å². The van der Waals surface area contributed by atoms with Gasteiger partial charge in [-0.25, -0.2) is 0 Å². The second-order valence-electron chi connectivity index (χ2n) is 8.01. The smallest absolute Gasteiger partial charge is 0.311 e. The van der Waals surface area contributed by atoms with Crippen molar-refractivity contribution in [1.82, 2.24) is 14.7 Å². The van der Waals surface area contributed by atoms with E-state index in [1.165, 1.54) is 0 Å². The van der Waals surface area contributed by atoms with E-state index in [9.17, 15) is 14.7 Å². The van der Waals surface area contributed by atoms with Gasteiger partial charge in [0.15, 0.2) is 5.69 Å². The van der Waals surface area contributed by atoms with Crippen molar-refractivity contribution in [3.63, 3.8) is 0 Å². The Morgan fingerprint density at radius 2 is 1.96 bits per heavy atom. The molecule has 1 N–H and O–H groups in total. The zero-order valence-corrected chi connectivity index (χ0v) is 16.0. The normalized spacial score (nSPS) is 22.7. The van der Waals surface area contributed by atoms with Crippen LogP contribution < -0.4 is 0 Å². The van der Waals surface area contributed by atoms with Crippen LogP contribution in [0.1, 0.15) is 67.7 Å². The lowest BCUT2D eigenvalue weighted by Crippen LogP contribution is -2.50. The highest BCUT2D eigenvalue weighted by Gasteiger charge is 2.43. The standard InChI is InChI=1S/C20H29N3O3/c1-14(2)9-11-20(19(25)26)10-6-12-23(13-20)18(24)17-15-7-4-5-8-16(15)22(3)21-17/h9H,4-8,10-13H2,1-3H3,(H,25,26)/t20-/m0/s1. The van der Waals surface area contributed by atoms with Gasteiger partial charge in [-0.3, -0.25) is 14.3 Å². The predicted molar refractivity (Wildman–Crippen MR) is 99.1 cm³/mol. The molecule has 1 aromatic rings. The van der Waals surface area contributed by atoms with Crippen LogP contribution in [0, 0.1) is 5.41 Å². The average molecular weight is 359 g/mol. The van der Waals surface area contributed by atoms with Gasteiger partial charge in [-0.05, 0) is 58.8 Å². The molecule has 0 saturated carbocycles. The fourth-order valence-corrected chi connectivity index (χ4v) is 4.23. The van der Waals surface area contributed by atoms with Crippen LogP contribution in [-0.2, 0) is 24.7 Å². The molecule has 2 aliphatic rings. The molecule has 0 spiro atoms. The van der Waals surface area contributed by atoms with Crippen LogP contribution in [0.15, 0.2) is 11.6 Å². The van der Waals surface area contributed by atoms with Gasteiger partial charge in [0.25, 0.3) is 5.91 Å². The molecule has 6 nitrogen and oxygen atoms in total. The highest BCUT2D eigenvalue weighted by molar-refractivity contribution is 5.94. The number of hydrogen-bond acceptors (Lipinski definition) is 3. The summed E-state index contributed by atoms with van der Waals surface area (Å²) in [5, 5.41) is 14.4. The van der Waals surface area contributed by atoms with Gasteiger partial charge in [0, 0.05) is 31.4 Å². The number of carboxylic acid groups (broad SMARTS) is 1. The molecule has 1 amide bonds. The van der Waals surface area contributed by atoms with Crippen molar-refractivity contribution in [2.45, 2.75) is 58.8 Å². The number of carbonyl (C=O) groups excluding carboxylic acids is 1. The molecule has 1 aromatic heterocycles. The molecule has 3 rings (SSSR count). The number of aryl methyl sites for hydroxylation is 1. The summed E-state index contributed by atoms with van der Waals surface area (Å²) in [6.45, 7) is 4.81. The van der Waals surface area contributed by atoms with Crippen LogP contribution in [-0.4, -0.2) is 44.8 Å². The first-order valence-corrected chi connectivity index (χ1v) is 9.55. The number of rotatable bonds is 4. The summed E-state index contributed by atoms with van der Waals surface area (Å²) in [4.78, 5) is 26.9. The number of fused-ring (bicyclic) bond motifs is 1. The zero-order valence-electron chi connectivity index (χ0n) is 16.0. The van der Waals surface area contributed by atoms with Crippen molar-refractivity contribution in [1.29, 1.82) is 0 Å². The van der Waals surface area contributed by atoms with Gasteiger partial charge in [-0.2, -0.15) is 5.10 Å². The van der Waals surface area contributed by atoms with E-state index in [-0.39, 0.29) is 12.5 Å². The van der Waals surface area contributed by atoms with Crippen LogP contribution in [0.5, 0.6) is 0 Å². The number of amides is 1. The van der Waals surface area contributed by atoms with E-state index in [1.807, 2.05) is 31.7 Å². The number of nitrogens with zero attached hydrogens (tertiary/aromatic N) is 3. The second-order valence-corrected chi connectivity index (χ2v) is 8.01. The largest absolute Gasteiger partial charge is 0.481 e. The topological polar surface area (TPSA) is 75.4 Å². The lowest BCUT2D eigenvalue weighted by Gasteiger charge is -2.39. The minimum Gasteiger partial charge on any atom is -0.481 e. The summed E-state index contributed by atoms with van der Waals surface area (Å²) in [5.41, 5.74) is 2.98. The highest BCUT2D eigenvalue weighted by Crippen LogP contribution is 2.36. The van der Waals surface area contributed by atoms with E-state index in [0.717, 1.165) is 42.5 Å². The molecule has 1 saturated heterocycles. The Hall–Kier alpha value is -2.11. The van der Waals surface area contributed by atoms with Crippen LogP contribution in [0.25, 0.3) is 0 Å². The molecule has 0 unspecified atom stereocenters. The molecule has 0 radical (unpaired) electrons. The number of piperidine rings is 1. The van der Waals surface area contributed by atoms with Crippen molar-refractivity contribution in [2.75, 3.05) is 13.1 Å². The Bertz CT molecular complexity index is 746. The number of carboxylic acids is 1. The van der Waals surface area contributed by atoms with Crippen LogP contribution >= 0.6 is 0 Å². The molecule has 1 atom stereocenters. The highest BCUT2D eigenvalue weighted by atomic mass is 16.4. The number of allylic oxidation sites excluding steroid dienone is 2. The lowest BCUT2D eigenvalue weighted by molar-refractivity contribution is -0.151. The molecule has 1 aliphatic heterocycles. The van der Waals surface area contributed by atoms with Crippen molar-refractivity contribution >= 4 is 11.9 Å². The molecular weight excluding hydrogens is 330 g/mol. The van der Waals surface area contributed by atoms with Gasteiger partial charge in [0.2, 0.25) is 0 Å². The van der Waals surface area contributed by atoms with Gasteiger partial charge in [0.05, 0.1) is 5.41 Å². The Labute approximate surface area is 154 Å². The van der Waals surface area contributed by atoms with Crippen LogP contribution in [0.4, 0.5) is 0 Å². The van der Waals surface area contributed by atoms with Gasteiger partial charge in [-0.1, -0.05) is 11.6 Å². The lowest BCUT2D eigenvalue weighted by atomic mass is 9.76. The van der Waals surface area contributed by atoms with E-state index in [1.54, 1.807) is 4.90 Å². The molecule has 1 aliphatic carbocycles. The van der Waals surface area contributed by atoms with E-state index in [4.69, 9.17) is 0 Å². The maximum atomic E-state index is 13.2. The molecule has 142 valence electrons. The van der Waals surface area contributed by atoms with Crippen LogP contribution in [0.2, 0.25) is 0 Å². The Morgan fingerprint density at radius 1 is 1.23 bits per heavy atom. The molecular formula is C20H29N3O3. The Balaban J connectivity index is 1.86. The van der Waals surface area contributed by atoms with Crippen molar-refractivity contribution in [3.8, 4) is 0 Å². The summed E-state index contributed by atoms with van der Waals surface area (Å²) < 4.78 is 1.83. The molecule has 0 bridgehead atoms. The third-order valence-corrected chi connectivity index (χ3v) is 5.79. The Kier molecular flexibility index (Phi) is 5.21. The van der Waals surface area contributed by atoms with Gasteiger partial charge in [0.1, 0.15) is 0 Å². The molecule has 1 fully saturated rings. The number of likely N-dealkylation sites (tertiary alicyclic amines) is 1. The van der Waals surface area contributed by atoms with Crippen molar-refractivity contribution < 1.29 is 14.7 Å². The maximum absolute atomic E-state index is 13.2. The summed E-state index contributed by atoms with van der Waals surface area (Å²) in [5.74, 6) is -0.915. The average Bonchev–Trinajstić information content (AvgIpc) is 2.96. The molecule has 0 aromatic carbocycles. The maximum Gasteiger partial charge on any atom is 0.311 e. The van der Waals surface area contributed by atoms with E-state index in [0.29, 0.717) is 31.5 Å². The first kappa shape index (κ1) is 18.7. The SMILES string of the molecule is CC(C)=CC[C@@]1(C(=O)O)CCCN(C(=O)c2nn(C)c3c2CCCC3)C1. The fraction of sp³-hybridized carbons (Fsp3) is 0.650. The summed E-state index contributed by atoms with van der Waals surface area (Å²) >= 11 is 0. The first-order chi connectivity index (χ1) is 12.3. The van der Waals surface area contributed by atoms with Crippen molar-refractivity contribution in [3.05, 3.63) is 28.6 Å². The zero-order chi connectivity index (χ0) is 18.9. The molecule has 6 heteroatoms. The number of aromatic nitrogens is 2. The number of carbonyl (C=O) groups is 2. The quantitative estimate of drug-likeness (QED) is 0.839. The van der Waals surface area contributed by atoms with E-state index in [2.05, 4.69) is 5.10 Å². The van der Waals surface area contributed by atoms with Crippen molar-refractivity contribution in [2.24, 2.45) is 12.5 Å². The second kappa shape index (κ2) is 7.25. The van der Waals surface area contributed by atoms with E-state index < -0.39 is 11.4 Å². The monoisotopic (exact) mass is 359 g/mol. The van der Waals surface area contributed by atoms with E-state index >= 15 is 0 Å². The fourth-order valence-electron chi connectivity index (χ4n) is 4.23. The third-order valence-electron chi connectivity index (χ3n) is 5.79. The third kappa shape index (κ3) is 3.41. The molecule has 26 heavy (non-hydrogen) atoms.